The van der Waals surface area contributed by atoms with E-state index >= 15 is 0 Å². The Balaban J connectivity index is 1.76. The SMILES string of the molecule is O=C(Nc1ccc(-[s+]2cnc(Cc3ccccc3)c2)cc1Br)C(F)(F)F. The lowest BCUT2D eigenvalue weighted by atomic mass is 10.1. The van der Waals surface area contributed by atoms with Crippen LogP contribution in [0.15, 0.2) is 63.9 Å². The summed E-state index contributed by atoms with van der Waals surface area (Å²) in [4.78, 5) is 16.4. The van der Waals surface area contributed by atoms with E-state index in [1.165, 1.54) is 6.07 Å². The minimum absolute atomic E-state index is 0.0734. The number of thiazole rings is 1. The van der Waals surface area contributed by atoms with Gasteiger partial charge in [0.1, 0.15) is 5.69 Å². The molecule has 3 aromatic rings. The maximum atomic E-state index is 12.4. The van der Waals surface area contributed by atoms with Gasteiger partial charge in [0.05, 0.1) is 5.69 Å². The molecule has 8 heteroatoms. The summed E-state index contributed by atoms with van der Waals surface area (Å²) in [6.07, 6.45) is -4.20. The third-order valence-electron chi connectivity index (χ3n) is 3.54. The molecule has 134 valence electrons. The molecule has 2 aromatic carbocycles. The molecule has 1 heterocycles. The molecule has 0 spiro atoms. The predicted octanol–water partition coefficient (Wildman–Crippen LogP) is 5.67. The Hall–Kier alpha value is -2.19. The Morgan fingerprint density at radius 2 is 1.88 bits per heavy atom. The van der Waals surface area contributed by atoms with Crippen molar-refractivity contribution in [1.29, 1.82) is 0 Å². The molecule has 1 aromatic heterocycles. The van der Waals surface area contributed by atoms with Crippen molar-refractivity contribution < 1.29 is 18.0 Å². The summed E-state index contributed by atoms with van der Waals surface area (Å²) in [6, 6.07) is 14.8. The molecule has 0 aliphatic heterocycles. The van der Waals surface area contributed by atoms with Crippen molar-refractivity contribution >= 4 is 38.0 Å². The van der Waals surface area contributed by atoms with Crippen LogP contribution in [0.2, 0.25) is 0 Å². The molecule has 26 heavy (non-hydrogen) atoms. The zero-order valence-corrected chi connectivity index (χ0v) is 15.7. The molecule has 0 radical (unpaired) electrons. The van der Waals surface area contributed by atoms with Crippen LogP contribution >= 0.6 is 26.4 Å². The molecule has 0 aliphatic rings. The van der Waals surface area contributed by atoms with Gasteiger partial charge in [-0.15, -0.1) is 0 Å². The number of hydrogen-bond donors (Lipinski definition) is 1. The summed E-state index contributed by atoms with van der Waals surface area (Å²) >= 11 is 3.22. The topological polar surface area (TPSA) is 42.0 Å². The fraction of sp³-hybridized carbons (Fsp3) is 0.111. The molecule has 3 nitrogen and oxygen atoms in total. The predicted molar refractivity (Wildman–Crippen MR) is 99.7 cm³/mol. The maximum Gasteiger partial charge on any atom is 0.471 e. The highest BCUT2D eigenvalue weighted by atomic mass is 79.9. The molecule has 0 aliphatic carbocycles. The highest BCUT2D eigenvalue weighted by molar-refractivity contribution is 9.10. The number of nitrogens with one attached hydrogen (secondary N) is 1. The van der Waals surface area contributed by atoms with Gasteiger partial charge in [0.2, 0.25) is 5.51 Å². The van der Waals surface area contributed by atoms with Gasteiger partial charge in [-0.2, -0.15) is 13.2 Å². The number of benzene rings is 2. The van der Waals surface area contributed by atoms with Crippen molar-refractivity contribution in [1.82, 2.24) is 4.98 Å². The summed E-state index contributed by atoms with van der Waals surface area (Å²) in [5.74, 6) is -2.00. The second-order valence-corrected chi connectivity index (χ2v) is 7.99. The minimum atomic E-state index is -4.92. The van der Waals surface area contributed by atoms with Crippen LogP contribution in [-0.4, -0.2) is 17.1 Å². The molecule has 1 amide bonds. The molecule has 1 N–H and O–H groups in total. The van der Waals surface area contributed by atoms with Crippen LogP contribution in [0.5, 0.6) is 0 Å². The monoisotopic (exact) mass is 441 g/mol. The Morgan fingerprint density at radius 1 is 1.15 bits per heavy atom. The van der Waals surface area contributed by atoms with Gasteiger partial charge in [0.25, 0.3) is 0 Å². The Kier molecular flexibility index (Phi) is 5.43. The number of carbonyl (C=O) groups is 1. The van der Waals surface area contributed by atoms with Gasteiger partial charge in [-0.3, -0.25) is 4.79 Å². The van der Waals surface area contributed by atoms with Gasteiger partial charge in [-0.25, -0.2) is 4.98 Å². The fourth-order valence-corrected chi connectivity index (χ4v) is 4.40. The van der Waals surface area contributed by atoms with E-state index in [1.807, 2.05) is 46.5 Å². The summed E-state index contributed by atoms with van der Waals surface area (Å²) < 4.78 is 37.5. The van der Waals surface area contributed by atoms with Crippen LogP contribution in [0.4, 0.5) is 18.9 Å². The van der Waals surface area contributed by atoms with E-state index in [0.717, 1.165) is 22.6 Å². The first-order valence-electron chi connectivity index (χ1n) is 7.51. The number of nitrogens with zero attached hydrogens (tertiary/aromatic N) is 1. The summed E-state index contributed by atoms with van der Waals surface area (Å²) in [5, 5.41) is 3.90. The van der Waals surface area contributed by atoms with E-state index in [0.29, 0.717) is 4.47 Å². The van der Waals surface area contributed by atoms with Crippen LogP contribution in [0.1, 0.15) is 11.3 Å². The van der Waals surface area contributed by atoms with E-state index < -0.39 is 12.1 Å². The van der Waals surface area contributed by atoms with Crippen LogP contribution in [0.3, 0.4) is 0 Å². The number of alkyl halides is 3. The average molecular weight is 442 g/mol. The highest BCUT2D eigenvalue weighted by Gasteiger charge is 2.39. The van der Waals surface area contributed by atoms with Gasteiger partial charge in [0.15, 0.2) is 10.3 Å². The lowest BCUT2D eigenvalue weighted by molar-refractivity contribution is -0.167. The van der Waals surface area contributed by atoms with Gasteiger partial charge < -0.3 is 5.32 Å². The average Bonchev–Trinajstić information content (AvgIpc) is 3.05. The van der Waals surface area contributed by atoms with Crippen LogP contribution < -0.4 is 5.32 Å². The van der Waals surface area contributed by atoms with E-state index in [-0.39, 0.29) is 16.2 Å². The normalized spacial score (nSPS) is 12.1. The lowest BCUT2D eigenvalue weighted by Gasteiger charge is -2.09. The fourth-order valence-electron chi connectivity index (χ4n) is 2.29. The molecule has 0 fully saturated rings. The number of rotatable bonds is 4. The van der Waals surface area contributed by atoms with Crippen molar-refractivity contribution in [3.63, 3.8) is 0 Å². The third-order valence-corrected chi connectivity index (χ3v) is 5.85. The molecule has 0 saturated carbocycles. The first kappa shape index (κ1) is 18.6. The minimum Gasteiger partial charge on any atom is -0.317 e. The summed E-state index contributed by atoms with van der Waals surface area (Å²) in [5.41, 5.74) is 4.01. The van der Waals surface area contributed by atoms with E-state index in [4.69, 9.17) is 0 Å². The number of amides is 1. The molecule has 1 unspecified atom stereocenters. The molecule has 3 rings (SSSR count). The van der Waals surface area contributed by atoms with Crippen molar-refractivity contribution in [3.8, 4) is 4.90 Å². The summed E-state index contributed by atoms with van der Waals surface area (Å²) in [6.45, 7) is 0. The van der Waals surface area contributed by atoms with E-state index in [9.17, 15) is 18.0 Å². The van der Waals surface area contributed by atoms with Crippen molar-refractivity contribution in [2.75, 3.05) is 5.32 Å². The lowest BCUT2D eigenvalue weighted by Crippen LogP contribution is -2.30. The summed E-state index contributed by atoms with van der Waals surface area (Å²) in [7, 11) is -0.361. The zero-order chi connectivity index (χ0) is 18.7. The Bertz CT molecular complexity index is 926. The molecular weight excluding hydrogens is 429 g/mol. The van der Waals surface area contributed by atoms with Crippen LogP contribution in [0, 0.1) is 0 Å². The largest absolute Gasteiger partial charge is 0.471 e. The number of anilines is 1. The first-order valence-corrected chi connectivity index (χ1v) is 9.66. The van der Waals surface area contributed by atoms with Gasteiger partial charge in [-0.05, 0) is 27.6 Å². The number of aromatic nitrogens is 1. The standard InChI is InChI=1S/C18H12BrF3N2OS/c19-15-9-14(6-7-16(15)24-17(25)18(20,21)22)26-10-13(23-11-26)8-12-4-2-1-3-5-12/h1-7,9-11H,8H2/p+1. The van der Waals surface area contributed by atoms with Crippen LogP contribution in [-0.2, 0) is 11.2 Å². The Labute approximate surface area is 159 Å². The molecular formula is C18H13BrF3N2OS+. The maximum absolute atomic E-state index is 12.4. The third kappa shape index (κ3) is 4.50. The van der Waals surface area contributed by atoms with E-state index in [2.05, 4.69) is 20.9 Å². The number of carbonyl (C=O) groups excluding carboxylic acids is 1. The van der Waals surface area contributed by atoms with Gasteiger partial charge in [0, 0.05) is 33.5 Å². The molecule has 0 saturated heterocycles. The first-order chi connectivity index (χ1) is 12.3. The zero-order valence-electron chi connectivity index (χ0n) is 13.3. The second-order valence-electron chi connectivity index (χ2n) is 5.47. The van der Waals surface area contributed by atoms with Crippen molar-refractivity contribution in [3.05, 3.63) is 75.2 Å². The van der Waals surface area contributed by atoms with Crippen molar-refractivity contribution in [2.24, 2.45) is 0 Å². The highest BCUT2D eigenvalue weighted by Crippen LogP contribution is 2.36. The van der Waals surface area contributed by atoms with Crippen LogP contribution in [0.25, 0.3) is 4.90 Å². The number of hydrogen-bond acceptors (Lipinski definition) is 2. The molecule has 0 bridgehead atoms. The second kappa shape index (κ2) is 7.59. The van der Waals surface area contributed by atoms with Crippen molar-refractivity contribution in [2.45, 2.75) is 12.6 Å². The van der Waals surface area contributed by atoms with Gasteiger partial charge in [-0.1, -0.05) is 30.3 Å². The quantitative estimate of drug-likeness (QED) is 0.529. The van der Waals surface area contributed by atoms with E-state index in [1.54, 1.807) is 12.1 Å². The Morgan fingerprint density at radius 3 is 2.54 bits per heavy atom. The smallest absolute Gasteiger partial charge is 0.317 e. The molecule has 1 atom stereocenters. The number of halogens is 4. The van der Waals surface area contributed by atoms with Gasteiger partial charge >= 0.3 is 12.1 Å².